The van der Waals surface area contributed by atoms with E-state index in [1.807, 2.05) is 25.1 Å². The van der Waals surface area contributed by atoms with Crippen LogP contribution in [0.5, 0.6) is 0 Å². The van der Waals surface area contributed by atoms with Gasteiger partial charge in [-0.05, 0) is 30.0 Å². The predicted octanol–water partition coefficient (Wildman–Crippen LogP) is 2.12. The van der Waals surface area contributed by atoms with Gasteiger partial charge in [0.05, 0.1) is 5.69 Å². The number of pyridine rings is 3. The Hall–Kier alpha value is -4.54. The average molecular weight is 484 g/mol. The zero-order chi connectivity index (χ0) is 25.1. The van der Waals surface area contributed by atoms with E-state index >= 15 is 0 Å². The van der Waals surface area contributed by atoms with Crippen molar-refractivity contribution in [1.82, 2.24) is 34.5 Å². The number of nitrogens with two attached hydrogens (primary N) is 1. The molecule has 36 heavy (non-hydrogen) atoms. The van der Waals surface area contributed by atoms with Crippen molar-refractivity contribution in [2.24, 2.45) is 0 Å². The largest absolute Gasteiger partial charge is 0.383 e. The van der Waals surface area contributed by atoms with Gasteiger partial charge in [-0.1, -0.05) is 0 Å². The van der Waals surface area contributed by atoms with E-state index < -0.39 is 0 Å². The van der Waals surface area contributed by atoms with E-state index in [1.54, 1.807) is 41.0 Å². The number of amides is 2. The van der Waals surface area contributed by atoms with Crippen LogP contribution in [0.4, 0.5) is 17.5 Å². The number of rotatable bonds is 3. The number of hydrogen-bond acceptors (Lipinski definition) is 8. The molecule has 4 aromatic rings. The molecule has 0 bridgehead atoms. The Kier molecular flexibility index (Phi) is 4.88. The number of aromatic nitrogens is 5. The quantitative estimate of drug-likeness (QED) is 0.452. The minimum absolute atomic E-state index is 0.0371. The Labute approximate surface area is 206 Å². The van der Waals surface area contributed by atoms with Crippen molar-refractivity contribution >= 4 is 40.0 Å². The monoisotopic (exact) mass is 483 g/mol. The van der Waals surface area contributed by atoms with Crippen LogP contribution in [0.3, 0.4) is 0 Å². The highest BCUT2D eigenvalue weighted by Gasteiger charge is 2.29. The van der Waals surface area contributed by atoms with Gasteiger partial charge in [-0.2, -0.15) is 5.10 Å². The molecule has 0 saturated heterocycles. The van der Waals surface area contributed by atoms with Crippen LogP contribution < -0.4 is 11.1 Å². The molecule has 3 N–H and O–H groups in total. The summed E-state index contributed by atoms with van der Waals surface area (Å²) in [5.41, 5.74) is 11.2. The third-order valence-corrected chi connectivity index (χ3v) is 6.96. The number of fused-ring (bicyclic) bond motifs is 3. The second-order valence-corrected chi connectivity index (χ2v) is 9.34. The zero-order valence-electron chi connectivity index (χ0n) is 20.2. The summed E-state index contributed by atoms with van der Waals surface area (Å²) in [6.45, 7) is 3.39. The molecule has 2 aliphatic heterocycles. The molecule has 4 aromatic heterocycles. The van der Waals surface area contributed by atoms with Crippen molar-refractivity contribution in [3.8, 4) is 11.3 Å². The summed E-state index contributed by atoms with van der Waals surface area (Å²) in [5, 5.41) is 9.40. The van der Waals surface area contributed by atoms with E-state index in [1.165, 1.54) is 0 Å². The predicted molar refractivity (Wildman–Crippen MR) is 135 cm³/mol. The number of nitrogen functional groups attached to an aromatic ring is 1. The topological polar surface area (TPSA) is 135 Å². The van der Waals surface area contributed by atoms with Gasteiger partial charge in [-0.3, -0.25) is 14.3 Å². The van der Waals surface area contributed by atoms with Crippen LogP contribution in [-0.2, 0) is 24.3 Å². The molecule has 2 amide bonds. The standard InChI is InChI=1S/C25H25N9O2/c1-13-16(9-28-23-18(13)11-33(3)25(23)36)19-6-14-7-20(27-10-17(14)24(26)29-19)30-21-8-15-4-5-32(2)22(35)12-34(15)31-21/h6-10H,4-5,11-12H2,1-3H3,(H2,26,29)(H,27,30,31). The molecular formula is C25H25N9O2. The third-order valence-electron chi connectivity index (χ3n) is 6.96. The van der Waals surface area contributed by atoms with E-state index in [4.69, 9.17) is 5.73 Å². The first-order chi connectivity index (χ1) is 17.3. The second kappa shape index (κ2) is 8.01. The molecule has 0 fully saturated rings. The summed E-state index contributed by atoms with van der Waals surface area (Å²) in [6.07, 6.45) is 4.12. The first-order valence-corrected chi connectivity index (χ1v) is 11.7. The summed E-state index contributed by atoms with van der Waals surface area (Å²) < 4.78 is 1.74. The van der Waals surface area contributed by atoms with E-state index in [0.29, 0.717) is 41.9 Å². The van der Waals surface area contributed by atoms with Gasteiger partial charge in [0.15, 0.2) is 5.82 Å². The smallest absolute Gasteiger partial charge is 0.272 e. The van der Waals surface area contributed by atoms with E-state index in [2.05, 4.69) is 25.4 Å². The van der Waals surface area contributed by atoms with Crippen molar-refractivity contribution in [2.45, 2.75) is 26.4 Å². The second-order valence-electron chi connectivity index (χ2n) is 9.34. The number of likely N-dealkylation sites (N-methyl/N-ethyl adjacent to an activating group) is 1. The molecule has 0 aromatic carbocycles. The fraction of sp³-hybridized carbons (Fsp3) is 0.280. The molecule has 0 unspecified atom stereocenters. The van der Waals surface area contributed by atoms with Crippen LogP contribution in [0.25, 0.3) is 22.0 Å². The van der Waals surface area contributed by atoms with Gasteiger partial charge >= 0.3 is 0 Å². The molecule has 11 nitrogen and oxygen atoms in total. The van der Waals surface area contributed by atoms with Crippen molar-refractivity contribution in [2.75, 3.05) is 31.7 Å². The van der Waals surface area contributed by atoms with E-state index in [-0.39, 0.29) is 18.4 Å². The molecule has 6 heterocycles. The first-order valence-electron chi connectivity index (χ1n) is 11.7. The van der Waals surface area contributed by atoms with Crippen LogP contribution in [-0.4, -0.2) is 67.0 Å². The summed E-state index contributed by atoms with van der Waals surface area (Å²) in [6, 6.07) is 5.79. The molecular weight excluding hydrogens is 458 g/mol. The summed E-state index contributed by atoms with van der Waals surface area (Å²) in [7, 11) is 3.57. The molecule has 0 saturated carbocycles. The van der Waals surface area contributed by atoms with Gasteiger partial charge in [-0.15, -0.1) is 0 Å². The average Bonchev–Trinajstić information content (AvgIpc) is 3.32. The van der Waals surface area contributed by atoms with Gasteiger partial charge in [-0.25, -0.2) is 15.0 Å². The number of carbonyl (C=O) groups excluding carboxylic acids is 2. The van der Waals surface area contributed by atoms with Gasteiger partial charge in [0.2, 0.25) is 5.91 Å². The Morgan fingerprint density at radius 2 is 1.83 bits per heavy atom. The number of nitrogens with zero attached hydrogens (tertiary/aromatic N) is 7. The number of hydrogen-bond donors (Lipinski definition) is 2. The van der Waals surface area contributed by atoms with Gasteiger partial charge < -0.3 is 20.9 Å². The van der Waals surface area contributed by atoms with Crippen molar-refractivity contribution in [3.63, 3.8) is 0 Å². The molecule has 0 radical (unpaired) electrons. The number of nitrogens with one attached hydrogen (secondary N) is 1. The van der Waals surface area contributed by atoms with Crippen LogP contribution in [0.15, 0.2) is 30.6 Å². The lowest BCUT2D eigenvalue weighted by molar-refractivity contribution is -0.130. The molecule has 6 rings (SSSR count). The van der Waals surface area contributed by atoms with E-state index in [9.17, 15) is 9.59 Å². The Bertz CT molecular complexity index is 1580. The SMILES string of the molecule is Cc1c(-c2cc3cc(Nc4cc5n(n4)CC(=O)N(C)CC5)ncc3c(N)n2)cnc2c1CN(C)C2=O. The summed E-state index contributed by atoms with van der Waals surface area (Å²) >= 11 is 0. The van der Waals surface area contributed by atoms with Crippen molar-refractivity contribution < 1.29 is 9.59 Å². The number of anilines is 3. The van der Waals surface area contributed by atoms with Gasteiger partial charge in [0, 0.05) is 74.3 Å². The zero-order valence-corrected chi connectivity index (χ0v) is 20.2. The lowest BCUT2D eigenvalue weighted by Gasteiger charge is -2.12. The van der Waals surface area contributed by atoms with E-state index in [0.717, 1.165) is 39.6 Å². The Morgan fingerprint density at radius 3 is 2.67 bits per heavy atom. The summed E-state index contributed by atoms with van der Waals surface area (Å²) in [4.78, 5) is 41.4. The highest BCUT2D eigenvalue weighted by atomic mass is 16.2. The molecule has 11 heteroatoms. The maximum atomic E-state index is 12.3. The molecule has 0 aliphatic carbocycles. The lowest BCUT2D eigenvalue weighted by atomic mass is 10.00. The molecule has 0 atom stereocenters. The molecule has 2 aliphatic rings. The van der Waals surface area contributed by atoms with Crippen LogP contribution in [0.2, 0.25) is 0 Å². The summed E-state index contributed by atoms with van der Waals surface area (Å²) in [5.74, 6) is 1.57. The Morgan fingerprint density at radius 1 is 1.00 bits per heavy atom. The van der Waals surface area contributed by atoms with Crippen molar-refractivity contribution in [1.29, 1.82) is 0 Å². The maximum Gasteiger partial charge on any atom is 0.272 e. The third kappa shape index (κ3) is 3.51. The number of carbonyl (C=O) groups is 2. The first kappa shape index (κ1) is 22.0. The highest BCUT2D eigenvalue weighted by Crippen LogP contribution is 2.33. The van der Waals surface area contributed by atoms with Crippen LogP contribution >= 0.6 is 0 Å². The van der Waals surface area contributed by atoms with Crippen LogP contribution in [0.1, 0.15) is 27.3 Å². The van der Waals surface area contributed by atoms with Crippen molar-refractivity contribution in [3.05, 3.63) is 53.1 Å². The van der Waals surface area contributed by atoms with Crippen LogP contribution in [0, 0.1) is 6.92 Å². The minimum atomic E-state index is -0.0691. The van der Waals surface area contributed by atoms with Gasteiger partial charge in [0.1, 0.15) is 23.9 Å². The van der Waals surface area contributed by atoms with Gasteiger partial charge in [0.25, 0.3) is 5.91 Å². The molecule has 182 valence electrons. The molecule has 0 spiro atoms. The minimum Gasteiger partial charge on any atom is -0.383 e. The lowest BCUT2D eigenvalue weighted by Crippen LogP contribution is -2.29. The fourth-order valence-electron chi connectivity index (χ4n) is 4.79. The Balaban J connectivity index is 1.34. The fourth-order valence-corrected chi connectivity index (χ4v) is 4.79. The highest BCUT2D eigenvalue weighted by molar-refractivity contribution is 5.98. The maximum absolute atomic E-state index is 12.3. The normalized spacial score (nSPS) is 15.3.